The molecule has 0 saturated carbocycles. The summed E-state index contributed by atoms with van der Waals surface area (Å²) in [5.41, 5.74) is 1.08. The van der Waals surface area contributed by atoms with Crippen LogP contribution < -0.4 is 4.74 Å². The molecule has 0 saturated heterocycles. The molecule has 0 aliphatic heterocycles. The van der Waals surface area contributed by atoms with E-state index in [0.29, 0.717) is 16.5 Å². The number of hydrogen-bond acceptors (Lipinski definition) is 3. The molecule has 0 heterocycles. The Morgan fingerprint density at radius 3 is 2.70 bits per heavy atom. The van der Waals surface area contributed by atoms with Crippen molar-refractivity contribution < 1.29 is 14.6 Å². The summed E-state index contributed by atoms with van der Waals surface area (Å²) in [7, 11) is 1.57. The van der Waals surface area contributed by atoms with E-state index in [0.717, 1.165) is 10.5 Å². The maximum Gasteiger partial charge on any atom is 0.335 e. The van der Waals surface area contributed by atoms with Gasteiger partial charge >= 0.3 is 5.97 Å². The zero-order valence-corrected chi connectivity index (χ0v) is 12.4. The predicted octanol–water partition coefficient (Wildman–Crippen LogP) is 4.34. The Bertz CT molecular complexity index is 628. The average molecular weight is 309 g/mol. The Kier molecular flexibility index (Phi) is 4.93. The van der Waals surface area contributed by atoms with E-state index in [2.05, 4.69) is 0 Å². The molecule has 0 aliphatic rings. The lowest BCUT2D eigenvalue weighted by atomic mass is 10.1. The van der Waals surface area contributed by atoms with E-state index in [4.69, 9.17) is 21.4 Å². The highest BCUT2D eigenvalue weighted by Gasteiger charge is 2.10. The molecule has 0 unspecified atom stereocenters. The van der Waals surface area contributed by atoms with E-state index in [1.54, 1.807) is 31.0 Å². The third-order valence-electron chi connectivity index (χ3n) is 2.75. The van der Waals surface area contributed by atoms with E-state index >= 15 is 0 Å². The van der Waals surface area contributed by atoms with Crippen molar-refractivity contribution in [2.45, 2.75) is 10.6 Å². The van der Waals surface area contributed by atoms with Crippen LogP contribution in [0.1, 0.15) is 15.9 Å². The lowest BCUT2D eigenvalue weighted by Crippen LogP contribution is -1.99. The van der Waals surface area contributed by atoms with Crippen molar-refractivity contribution in [1.29, 1.82) is 0 Å². The van der Waals surface area contributed by atoms with E-state index in [1.165, 1.54) is 6.07 Å². The van der Waals surface area contributed by atoms with Crippen LogP contribution in [0, 0.1) is 0 Å². The van der Waals surface area contributed by atoms with Crippen LogP contribution >= 0.6 is 23.4 Å². The topological polar surface area (TPSA) is 46.5 Å². The van der Waals surface area contributed by atoms with Crippen LogP contribution in [0.5, 0.6) is 5.75 Å². The molecule has 0 aromatic heterocycles. The zero-order chi connectivity index (χ0) is 14.5. The van der Waals surface area contributed by atoms with E-state index in [-0.39, 0.29) is 5.56 Å². The third-order valence-corrected chi connectivity index (χ3v) is 4.31. The minimum absolute atomic E-state index is 0.251. The second-order valence-electron chi connectivity index (χ2n) is 4.05. The summed E-state index contributed by atoms with van der Waals surface area (Å²) in [5, 5.41) is 9.72. The number of thioether (sulfide) groups is 1. The maximum atomic E-state index is 11.0. The van der Waals surface area contributed by atoms with Crippen molar-refractivity contribution >= 4 is 29.3 Å². The van der Waals surface area contributed by atoms with Gasteiger partial charge in [0.05, 0.1) is 17.7 Å². The smallest absolute Gasteiger partial charge is 0.335 e. The molecule has 104 valence electrons. The minimum Gasteiger partial charge on any atom is -0.496 e. The number of carboxylic acids is 1. The lowest BCUT2D eigenvalue weighted by molar-refractivity contribution is 0.0696. The molecule has 2 rings (SSSR count). The fourth-order valence-corrected chi connectivity index (χ4v) is 2.96. The molecule has 5 heteroatoms. The summed E-state index contributed by atoms with van der Waals surface area (Å²) in [6.45, 7) is 0. The minimum atomic E-state index is -0.948. The van der Waals surface area contributed by atoms with Crippen molar-refractivity contribution in [2.75, 3.05) is 7.11 Å². The number of methoxy groups -OCH3 is 1. The normalized spacial score (nSPS) is 10.3. The number of aromatic carboxylic acids is 1. The molecule has 1 N–H and O–H groups in total. The lowest BCUT2D eigenvalue weighted by Gasteiger charge is -2.10. The summed E-state index contributed by atoms with van der Waals surface area (Å²) in [6, 6.07) is 12.4. The van der Waals surface area contributed by atoms with Crippen molar-refractivity contribution in [3.63, 3.8) is 0 Å². The number of ether oxygens (including phenoxy) is 1. The number of hydrogen-bond donors (Lipinski definition) is 1. The maximum absolute atomic E-state index is 11.0. The second kappa shape index (κ2) is 6.68. The van der Waals surface area contributed by atoms with Gasteiger partial charge in [0.25, 0.3) is 0 Å². The van der Waals surface area contributed by atoms with Gasteiger partial charge in [0.1, 0.15) is 5.75 Å². The van der Waals surface area contributed by atoms with E-state index < -0.39 is 5.97 Å². The molecule has 0 radical (unpaired) electrons. The molecule has 0 amide bonds. The van der Waals surface area contributed by atoms with Gasteiger partial charge < -0.3 is 9.84 Å². The predicted molar refractivity (Wildman–Crippen MR) is 81.0 cm³/mol. The van der Waals surface area contributed by atoms with Crippen molar-refractivity contribution in [2.24, 2.45) is 0 Å². The van der Waals surface area contributed by atoms with Gasteiger partial charge in [-0.3, -0.25) is 0 Å². The largest absolute Gasteiger partial charge is 0.496 e. The fourth-order valence-electron chi connectivity index (χ4n) is 1.74. The number of benzene rings is 2. The molecule has 2 aromatic rings. The molecule has 20 heavy (non-hydrogen) atoms. The highest BCUT2D eigenvalue weighted by molar-refractivity contribution is 7.98. The van der Waals surface area contributed by atoms with Gasteiger partial charge in [-0.05, 0) is 30.3 Å². The van der Waals surface area contributed by atoms with Crippen LogP contribution in [0.3, 0.4) is 0 Å². The molecule has 0 bridgehead atoms. The quantitative estimate of drug-likeness (QED) is 0.835. The molecule has 3 nitrogen and oxygen atoms in total. The van der Waals surface area contributed by atoms with Gasteiger partial charge in [0, 0.05) is 16.2 Å². The van der Waals surface area contributed by atoms with Gasteiger partial charge in [-0.1, -0.05) is 23.7 Å². The SMILES string of the molecule is COc1ccc(C(=O)O)cc1CSc1ccccc1Cl. The van der Waals surface area contributed by atoms with Crippen LogP contribution in [0.4, 0.5) is 0 Å². The van der Waals surface area contributed by atoms with Gasteiger partial charge in [0.2, 0.25) is 0 Å². The Morgan fingerprint density at radius 2 is 2.05 bits per heavy atom. The Morgan fingerprint density at radius 1 is 1.30 bits per heavy atom. The molecule has 0 spiro atoms. The van der Waals surface area contributed by atoms with E-state index in [1.807, 2.05) is 24.3 Å². The fraction of sp³-hybridized carbons (Fsp3) is 0.133. The Hall–Kier alpha value is -1.65. The summed E-state index contributed by atoms with van der Waals surface area (Å²) in [6.07, 6.45) is 0. The monoisotopic (exact) mass is 308 g/mol. The first-order valence-corrected chi connectivity index (χ1v) is 7.25. The van der Waals surface area contributed by atoms with Crippen LogP contribution in [0.25, 0.3) is 0 Å². The number of carboxylic acid groups (broad SMARTS) is 1. The number of rotatable bonds is 5. The van der Waals surface area contributed by atoms with Gasteiger partial charge in [0.15, 0.2) is 0 Å². The molecule has 0 atom stereocenters. The van der Waals surface area contributed by atoms with Gasteiger partial charge in [-0.15, -0.1) is 11.8 Å². The first-order valence-electron chi connectivity index (χ1n) is 5.89. The zero-order valence-electron chi connectivity index (χ0n) is 10.8. The average Bonchev–Trinajstić information content (AvgIpc) is 2.46. The molecule has 2 aromatic carbocycles. The second-order valence-corrected chi connectivity index (χ2v) is 5.48. The first kappa shape index (κ1) is 14.8. The summed E-state index contributed by atoms with van der Waals surface area (Å²) in [5.74, 6) is 0.319. The molecule has 0 aliphatic carbocycles. The van der Waals surface area contributed by atoms with Crippen molar-refractivity contribution in [3.8, 4) is 5.75 Å². The molecular weight excluding hydrogens is 296 g/mol. The van der Waals surface area contributed by atoms with Gasteiger partial charge in [-0.2, -0.15) is 0 Å². The van der Waals surface area contributed by atoms with Crippen molar-refractivity contribution in [3.05, 3.63) is 58.6 Å². The third kappa shape index (κ3) is 3.46. The first-order chi connectivity index (χ1) is 9.61. The number of carbonyl (C=O) groups is 1. The standard InChI is InChI=1S/C15H13ClO3S/c1-19-13-7-6-10(15(17)18)8-11(13)9-20-14-5-3-2-4-12(14)16/h2-8H,9H2,1H3,(H,17,18). The van der Waals surface area contributed by atoms with Crippen LogP contribution in [0.2, 0.25) is 5.02 Å². The van der Waals surface area contributed by atoms with Crippen LogP contribution in [-0.4, -0.2) is 18.2 Å². The molecule has 0 fully saturated rings. The molecular formula is C15H13ClO3S. The summed E-state index contributed by atoms with van der Waals surface area (Å²) < 4.78 is 5.26. The summed E-state index contributed by atoms with van der Waals surface area (Å²) >= 11 is 7.64. The van der Waals surface area contributed by atoms with Crippen LogP contribution in [-0.2, 0) is 5.75 Å². The summed E-state index contributed by atoms with van der Waals surface area (Å²) in [4.78, 5) is 12.0. The van der Waals surface area contributed by atoms with Gasteiger partial charge in [-0.25, -0.2) is 4.79 Å². The van der Waals surface area contributed by atoms with Crippen molar-refractivity contribution in [1.82, 2.24) is 0 Å². The van der Waals surface area contributed by atoms with Crippen LogP contribution in [0.15, 0.2) is 47.4 Å². The Labute approximate surface area is 126 Å². The number of halogens is 1. The Balaban J connectivity index is 2.22. The highest BCUT2D eigenvalue weighted by Crippen LogP contribution is 2.32. The van der Waals surface area contributed by atoms with E-state index in [9.17, 15) is 4.79 Å². The highest BCUT2D eigenvalue weighted by atomic mass is 35.5.